The van der Waals surface area contributed by atoms with E-state index >= 15 is 0 Å². The number of amides is 2. The molecule has 2 unspecified atom stereocenters. The van der Waals surface area contributed by atoms with Crippen molar-refractivity contribution in [1.29, 1.82) is 0 Å². The van der Waals surface area contributed by atoms with Gasteiger partial charge < -0.3 is 15.7 Å². The zero-order valence-electron chi connectivity index (χ0n) is 11.9. The zero-order valence-corrected chi connectivity index (χ0v) is 11.9. The average Bonchev–Trinajstić information content (AvgIpc) is 3.18. The molecular weight excluding hydrogens is 272 g/mol. The van der Waals surface area contributed by atoms with Gasteiger partial charge >= 0.3 is 5.97 Å². The van der Waals surface area contributed by atoms with Gasteiger partial charge in [0.05, 0.1) is 11.8 Å². The second-order valence-corrected chi connectivity index (χ2v) is 5.49. The van der Waals surface area contributed by atoms with Crippen LogP contribution in [0.4, 0.5) is 5.69 Å². The van der Waals surface area contributed by atoms with Crippen molar-refractivity contribution < 1.29 is 19.5 Å². The van der Waals surface area contributed by atoms with Crippen molar-refractivity contribution in [1.82, 2.24) is 5.32 Å². The van der Waals surface area contributed by atoms with Gasteiger partial charge in [-0.3, -0.25) is 14.4 Å². The maximum Gasteiger partial charge on any atom is 0.307 e. The van der Waals surface area contributed by atoms with E-state index in [1.54, 1.807) is 24.3 Å². The SMILES string of the molecule is CC(C)NC(=O)c1cccc(NC(=O)C2CC2C(=O)O)c1. The molecule has 0 bridgehead atoms. The molecule has 21 heavy (non-hydrogen) atoms. The van der Waals surface area contributed by atoms with Crippen molar-refractivity contribution in [2.75, 3.05) is 5.32 Å². The topological polar surface area (TPSA) is 95.5 Å². The molecule has 2 atom stereocenters. The molecule has 2 amide bonds. The minimum atomic E-state index is -0.944. The summed E-state index contributed by atoms with van der Waals surface area (Å²) in [6.45, 7) is 3.73. The van der Waals surface area contributed by atoms with Gasteiger partial charge in [-0.25, -0.2) is 0 Å². The molecule has 1 aliphatic rings. The van der Waals surface area contributed by atoms with Crippen LogP contribution in [0.3, 0.4) is 0 Å². The number of nitrogens with one attached hydrogen (secondary N) is 2. The third kappa shape index (κ3) is 3.81. The Morgan fingerprint density at radius 2 is 1.95 bits per heavy atom. The second kappa shape index (κ2) is 5.95. The molecule has 3 N–H and O–H groups in total. The third-order valence-electron chi connectivity index (χ3n) is 3.26. The van der Waals surface area contributed by atoms with Crippen molar-refractivity contribution in [2.24, 2.45) is 11.8 Å². The van der Waals surface area contributed by atoms with E-state index in [0.717, 1.165) is 0 Å². The van der Waals surface area contributed by atoms with Gasteiger partial charge in [0.1, 0.15) is 0 Å². The largest absolute Gasteiger partial charge is 0.481 e. The fourth-order valence-corrected chi connectivity index (χ4v) is 2.08. The summed E-state index contributed by atoms with van der Waals surface area (Å²) in [6, 6.07) is 6.60. The summed E-state index contributed by atoms with van der Waals surface area (Å²) in [5.74, 6) is -2.53. The minimum absolute atomic E-state index is 0.0264. The molecule has 0 aliphatic heterocycles. The summed E-state index contributed by atoms with van der Waals surface area (Å²) in [5, 5.41) is 14.2. The van der Waals surface area contributed by atoms with Crippen molar-refractivity contribution >= 4 is 23.5 Å². The van der Waals surface area contributed by atoms with Crippen molar-refractivity contribution in [2.45, 2.75) is 26.3 Å². The van der Waals surface area contributed by atoms with Crippen LogP contribution in [0.25, 0.3) is 0 Å². The lowest BCUT2D eigenvalue weighted by Crippen LogP contribution is -2.30. The molecule has 1 aromatic carbocycles. The number of carbonyl (C=O) groups is 3. The number of hydrogen-bond donors (Lipinski definition) is 3. The molecular formula is C15H18N2O4. The number of aliphatic carboxylic acids is 1. The van der Waals surface area contributed by atoms with E-state index in [1.165, 1.54) is 0 Å². The van der Waals surface area contributed by atoms with Crippen LogP contribution in [0, 0.1) is 11.8 Å². The number of hydrogen-bond acceptors (Lipinski definition) is 3. The maximum absolute atomic E-state index is 11.9. The molecule has 6 nitrogen and oxygen atoms in total. The first kappa shape index (κ1) is 15.0. The Labute approximate surface area is 122 Å². The predicted molar refractivity (Wildman–Crippen MR) is 76.9 cm³/mol. The zero-order chi connectivity index (χ0) is 15.6. The molecule has 112 valence electrons. The molecule has 1 aromatic rings. The fraction of sp³-hybridized carbons (Fsp3) is 0.400. The van der Waals surface area contributed by atoms with Crippen LogP contribution in [0.5, 0.6) is 0 Å². The molecule has 1 saturated carbocycles. The summed E-state index contributed by atoms with van der Waals surface area (Å²) in [6.07, 6.45) is 0.370. The van der Waals surface area contributed by atoms with Gasteiger partial charge in [0.15, 0.2) is 0 Å². The Kier molecular flexibility index (Phi) is 4.26. The smallest absolute Gasteiger partial charge is 0.307 e. The summed E-state index contributed by atoms with van der Waals surface area (Å²) >= 11 is 0. The standard InChI is InChI=1S/C15H18N2O4/c1-8(2)16-13(18)9-4-3-5-10(6-9)17-14(19)11-7-12(11)15(20)21/h3-6,8,11-12H,7H2,1-2H3,(H,16,18)(H,17,19)(H,20,21). The Morgan fingerprint density at radius 3 is 2.52 bits per heavy atom. The number of carbonyl (C=O) groups excluding carboxylic acids is 2. The highest BCUT2D eigenvalue weighted by atomic mass is 16.4. The highest BCUT2D eigenvalue weighted by molar-refractivity contribution is 6.00. The van der Waals surface area contributed by atoms with E-state index in [4.69, 9.17) is 5.11 Å². The van der Waals surface area contributed by atoms with E-state index < -0.39 is 17.8 Å². The summed E-state index contributed by atoms with van der Waals surface area (Å²) in [7, 11) is 0. The van der Waals surface area contributed by atoms with E-state index in [-0.39, 0.29) is 17.9 Å². The van der Waals surface area contributed by atoms with Crippen LogP contribution < -0.4 is 10.6 Å². The van der Waals surface area contributed by atoms with Gasteiger partial charge in [0.25, 0.3) is 5.91 Å². The molecule has 6 heteroatoms. The number of rotatable bonds is 5. The average molecular weight is 290 g/mol. The molecule has 0 aromatic heterocycles. The van der Waals surface area contributed by atoms with E-state index in [2.05, 4.69) is 10.6 Å². The quantitative estimate of drug-likeness (QED) is 0.765. The Morgan fingerprint density at radius 1 is 1.24 bits per heavy atom. The fourth-order valence-electron chi connectivity index (χ4n) is 2.08. The number of carboxylic acids is 1. The number of carboxylic acid groups (broad SMARTS) is 1. The van der Waals surface area contributed by atoms with Crippen LogP contribution >= 0.6 is 0 Å². The number of anilines is 1. The molecule has 0 saturated heterocycles. The van der Waals surface area contributed by atoms with Crippen molar-refractivity contribution in [3.8, 4) is 0 Å². The minimum Gasteiger partial charge on any atom is -0.481 e. The van der Waals surface area contributed by atoms with Crippen LogP contribution in [-0.2, 0) is 9.59 Å². The van der Waals surface area contributed by atoms with Crippen LogP contribution in [0.1, 0.15) is 30.6 Å². The Bertz CT molecular complexity index is 583. The lowest BCUT2D eigenvalue weighted by atomic mass is 10.1. The third-order valence-corrected chi connectivity index (χ3v) is 3.26. The van der Waals surface area contributed by atoms with E-state index in [9.17, 15) is 14.4 Å². The molecule has 0 heterocycles. The van der Waals surface area contributed by atoms with Gasteiger partial charge in [-0.05, 0) is 38.5 Å². The first-order valence-electron chi connectivity index (χ1n) is 6.83. The Balaban J connectivity index is 2.00. The molecule has 1 aliphatic carbocycles. The summed E-state index contributed by atoms with van der Waals surface area (Å²) < 4.78 is 0. The van der Waals surface area contributed by atoms with Gasteiger partial charge in [-0.2, -0.15) is 0 Å². The highest BCUT2D eigenvalue weighted by Gasteiger charge is 2.48. The first-order valence-corrected chi connectivity index (χ1v) is 6.83. The van der Waals surface area contributed by atoms with Crippen LogP contribution in [-0.4, -0.2) is 28.9 Å². The first-order chi connectivity index (χ1) is 9.88. The van der Waals surface area contributed by atoms with E-state index in [1.807, 2.05) is 13.8 Å². The summed E-state index contributed by atoms with van der Waals surface area (Å²) in [5.41, 5.74) is 0.944. The monoisotopic (exact) mass is 290 g/mol. The molecule has 0 spiro atoms. The van der Waals surface area contributed by atoms with Gasteiger partial charge in [-0.1, -0.05) is 6.07 Å². The summed E-state index contributed by atoms with van der Waals surface area (Å²) in [4.78, 5) is 34.5. The lowest BCUT2D eigenvalue weighted by molar-refractivity contribution is -0.139. The number of benzene rings is 1. The second-order valence-electron chi connectivity index (χ2n) is 5.49. The van der Waals surface area contributed by atoms with Crippen molar-refractivity contribution in [3.63, 3.8) is 0 Å². The van der Waals surface area contributed by atoms with E-state index in [0.29, 0.717) is 17.7 Å². The highest BCUT2D eigenvalue weighted by Crippen LogP contribution is 2.39. The molecule has 1 fully saturated rings. The van der Waals surface area contributed by atoms with Crippen LogP contribution in [0.2, 0.25) is 0 Å². The van der Waals surface area contributed by atoms with Gasteiger partial charge in [0.2, 0.25) is 5.91 Å². The van der Waals surface area contributed by atoms with Crippen molar-refractivity contribution in [3.05, 3.63) is 29.8 Å². The maximum atomic E-state index is 11.9. The molecule has 0 radical (unpaired) electrons. The normalized spacial score (nSPS) is 20.0. The van der Waals surface area contributed by atoms with Crippen LogP contribution in [0.15, 0.2) is 24.3 Å². The lowest BCUT2D eigenvalue weighted by Gasteiger charge is -2.10. The predicted octanol–water partition coefficient (Wildman–Crippen LogP) is 1.48. The Hall–Kier alpha value is -2.37. The van der Waals surface area contributed by atoms with Gasteiger partial charge in [-0.15, -0.1) is 0 Å². The molecule has 2 rings (SSSR count). The van der Waals surface area contributed by atoms with Gasteiger partial charge in [0, 0.05) is 17.3 Å².